The Kier molecular flexibility index (Phi) is 7.18. The lowest BCUT2D eigenvalue weighted by molar-refractivity contribution is -0.150. The number of carbonyl (C=O) groups is 1. The van der Waals surface area contributed by atoms with E-state index in [0.717, 1.165) is 0 Å². The highest BCUT2D eigenvalue weighted by atomic mass is 35.5. The molecule has 28 heavy (non-hydrogen) atoms. The van der Waals surface area contributed by atoms with E-state index >= 15 is 0 Å². The molecule has 146 valence electrons. The predicted octanol–water partition coefficient (Wildman–Crippen LogP) is 6.54. The van der Waals surface area contributed by atoms with Crippen molar-refractivity contribution in [3.05, 3.63) is 87.4 Å². The van der Waals surface area contributed by atoms with Gasteiger partial charge in [0.2, 0.25) is 0 Å². The van der Waals surface area contributed by atoms with Gasteiger partial charge in [-0.15, -0.1) is 0 Å². The maximum absolute atomic E-state index is 12.8. The fourth-order valence-electron chi connectivity index (χ4n) is 2.55. The van der Waals surface area contributed by atoms with Gasteiger partial charge in [-0.25, -0.2) is 4.98 Å². The molecular weight excluding hydrogens is 462 g/mol. The van der Waals surface area contributed by atoms with Gasteiger partial charge in [-0.3, -0.25) is 4.79 Å². The monoisotopic (exact) mass is 474 g/mol. The van der Waals surface area contributed by atoms with Crippen LogP contribution in [0.4, 0.5) is 0 Å². The number of benzene rings is 2. The Morgan fingerprint density at radius 1 is 1.07 bits per heavy atom. The molecule has 4 nitrogen and oxygen atoms in total. The van der Waals surface area contributed by atoms with Crippen molar-refractivity contribution >= 4 is 65.0 Å². The lowest BCUT2D eigenvalue weighted by atomic mass is 10.1. The molecule has 2 aromatic carbocycles. The van der Waals surface area contributed by atoms with Gasteiger partial charge < -0.3 is 9.30 Å². The fraction of sp³-hybridized carbons (Fsp3) is 0.158. The van der Waals surface area contributed by atoms with Crippen molar-refractivity contribution in [2.45, 2.75) is 16.9 Å². The molecule has 9 heteroatoms. The van der Waals surface area contributed by atoms with E-state index in [9.17, 15) is 4.79 Å². The highest BCUT2D eigenvalue weighted by molar-refractivity contribution is 7.81. The smallest absolute Gasteiger partial charge is 0.324 e. The van der Waals surface area contributed by atoms with Crippen LogP contribution in [-0.2, 0) is 9.53 Å². The number of carbonyl (C=O) groups excluding carboxylic acids is 1. The average molecular weight is 476 g/mol. The van der Waals surface area contributed by atoms with Crippen LogP contribution < -0.4 is 0 Å². The Hall–Kier alpha value is -1.37. The molecule has 1 heterocycles. The van der Waals surface area contributed by atoms with Gasteiger partial charge >= 0.3 is 5.97 Å². The zero-order valence-corrected chi connectivity index (χ0v) is 18.1. The van der Waals surface area contributed by atoms with Crippen molar-refractivity contribution in [1.29, 1.82) is 0 Å². The second-order valence-electron chi connectivity index (χ2n) is 5.86. The Morgan fingerprint density at radius 2 is 1.75 bits per heavy atom. The standard InChI is InChI=1S/C19H14Cl4N2O2S/c20-12-3-1-11(2-4-12)16(18(23)25-8-7-24-10-25)27-19(26)17(28)14-6-5-13(21)9-15(14)22/h1-10,16-18,28H. The Labute approximate surface area is 187 Å². The Balaban J connectivity index is 1.87. The predicted molar refractivity (Wildman–Crippen MR) is 116 cm³/mol. The van der Waals surface area contributed by atoms with Crippen molar-refractivity contribution in [3.63, 3.8) is 0 Å². The number of halogens is 4. The molecule has 0 aliphatic rings. The first kappa shape index (κ1) is 21.3. The number of alkyl halides is 1. The van der Waals surface area contributed by atoms with Gasteiger partial charge in [0, 0.05) is 27.5 Å². The highest BCUT2D eigenvalue weighted by Crippen LogP contribution is 2.37. The summed E-state index contributed by atoms with van der Waals surface area (Å²) in [5, 5.41) is 0.431. The molecule has 0 amide bonds. The van der Waals surface area contributed by atoms with E-state index in [4.69, 9.17) is 51.1 Å². The molecule has 3 aromatic rings. The molecule has 3 rings (SSSR count). The van der Waals surface area contributed by atoms with E-state index in [2.05, 4.69) is 17.6 Å². The summed E-state index contributed by atoms with van der Waals surface area (Å²) in [6.07, 6.45) is 4.01. The molecule has 3 atom stereocenters. The third kappa shape index (κ3) is 4.97. The number of esters is 1. The number of nitrogens with zero attached hydrogens (tertiary/aromatic N) is 2. The number of rotatable bonds is 6. The zero-order chi connectivity index (χ0) is 20.3. The van der Waals surface area contributed by atoms with E-state index in [1.54, 1.807) is 65.8 Å². The van der Waals surface area contributed by atoms with Crippen molar-refractivity contribution in [2.24, 2.45) is 0 Å². The van der Waals surface area contributed by atoms with Crippen LogP contribution in [0.2, 0.25) is 15.1 Å². The maximum atomic E-state index is 12.8. The largest absolute Gasteiger partial charge is 0.453 e. The molecule has 0 aliphatic carbocycles. The summed E-state index contributed by atoms with van der Waals surface area (Å²) in [5.74, 6) is -0.599. The number of aromatic nitrogens is 2. The van der Waals surface area contributed by atoms with Gasteiger partial charge in [0.05, 0.1) is 6.33 Å². The van der Waals surface area contributed by atoms with Crippen molar-refractivity contribution in [1.82, 2.24) is 9.55 Å². The molecule has 1 aromatic heterocycles. The van der Waals surface area contributed by atoms with Gasteiger partial charge in [-0.05, 0) is 35.4 Å². The summed E-state index contributed by atoms with van der Waals surface area (Å²) in [6, 6.07) is 11.7. The number of hydrogen-bond donors (Lipinski definition) is 1. The van der Waals surface area contributed by atoms with Crippen LogP contribution in [0.1, 0.15) is 28.0 Å². The molecule has 0 bridgehead atoms. The third-order valence-corrected chi connectivity index (χ3v) is 5.74. The molecule has 0 saturated heterocycles. The van der Waals surface area contributed by atoms with E-state index in [0.29, 0.717) is 26.2 Å². The van der Waals surface area contributed by atoms with Gasteiger partial charge in [-0.1, -0.05) is 64.6 Å². The quantitative estimate of drug-likeness (QED) is 0.250. The first-order valence-corrected chi connectivity index (χ1v) is 10.2. The normalized spacial score (nSPS) is 14.3. The maximum Gasteiger partial charge on any atom is 0.324 e. The van der Waals surface area contributed by atoms with E-state index < -0.39 is 22.8 Å². The molecule has 0 spiro atoms. The lowest BCUT2D eigenvalue weighted by Crippen LogP contribution is -2.21. The van der Waals surface area contributed by atoms with Crippen LogP contribution in [0.25, 0.3) is 0 Å². The second-order valence-corrected chi connectivity index (χ2v) is 8.10. The average Bonchev–Trinajstić information content (AvgIpc) is 3.20. The molecule has 0 N–H and O–H groups in total. The number of thiol groups is 1. The van der Waals surface area contributed by atoms with Crippen molar-refractivity contribution in [2.75, 3.05) is 0 Å². The number of ether oxygens (including phenoxy) is 1. The van der Waals surface area contributed by atoms with Gasteiger partial charge in [0.25, 0.3) is 0 Å². The summed E-state index contributed by atoms with van der Waals surface area (Å²) in [5.41, 5.74) is 0.436. The van der Waals surface area contributed by atoms with Crippen LogP contribution in [0, 0.1) is 0 Å². The lowest BCUT2D eigenvalue weighted by Gasteiger charge is -2.25. The molecule has 3 unspecified atom stereocenters. The Morgan fingerprint density at radius 3 is 2.36 bits per heavy atom. The summed E-state index contributed by atoms with van der Waals surface area (Å²) >= 11 is 29.0. The second kappa shape index (κ2) is 9.42. The molecular formula is C19H14Cl4N2O2S. The third-order valence-electron chi connectivity index (χ3n) is 3.98. The van der Waals surface area contributed by atoms with Gasteiger partial charge in [0.15, 0.2) is 6.10 Å². The minimum absolute atomic E-state index is 0.324. The molecule has 0 saturated carbocycles. The minimum Gasteiger partial charge on any atom is -0.453 e. The highest BCUT2D eigenvalue weighted by Gasteiger charge is 2.30. The minimum atomic E-state index is -0.911. The first-order valence-electron chi connectivity index (χ1n) is 8.07. The van der Waals surface area contributed by atoms with Crippen LogP contribution in [0.5, 0.6) is 0 Å². The number of imidazole rings is 1. The number of hydrogen-bond acceptors (Lipinski definition) is 4. The molecule has 0 aliphatic heterocycles. The molecule has 0 radical (unpaired) electrons. The van der Waals surface area contributed by atoms with Crippen LogP contribution in [0.15, 0.2) is 61.2 Å². The van der Waals surface area contributed by atoms with Crippen molar-refractivity contribution in [3.8, 4) is 0 Å². The summed E-state index contributed by atoms with van der Waals surface area (Å²) in [6.45, 7) is 0. The SMILES string of the molecule is O=C(OC(c1ccc(Cl)cc1)C(Cl)n1ccnc1)C(S)c1ccc(Cl)cc1Cl. The zero-order valence-electron chi connectivity index (χ0n) is 14.2. The summed E-state index contributed by atoms with van der Waals surface area (Å²) < 4.78 is 7.37. The topological polar surface area (TPSA) is 44.1 Å². The summed E-state index contributed by atoms with van der Waals surface area (Å²) in [7, 11) is 0. The van der Waals surface area contributed by atoms with Crippen LogP contribution in [0.3, 0.4) is 0 Å². The van der Waals surface area contributed by atoms with Crippen LogP contribution in [-0.4, -0.2) is 15.5 Å². The fourth-order valence-corrected chi connectivity index (χ4v) is 3.86. The van der Waals surface area contributed by atoms with Crippen molar-refractivity contribution < 1.29 is 9.53 Å². The van der Waals surface area contributed by atoms with Gasteiger partial charge in [-0.2, -0.15) is 12.6 Å². The van der Waals surface area contributed by atoms with E-state index in [-0.39, 0.29) is 0 Å². The molecule has 0 fully saturated rings. The summed E-state index contributed by atoms with van der Waals surface area (Å²) in [4.78, 5) is 16.8. The van der Waals surface area contributed by atoms with Crippen LogP contribution >= 0.6 is 59.0 Å². The van der Waals surface area contributed by atoms with Gasteiger partial charge in [0.1, 0.15) is 10.8 Å². The Bertz CT molecular complexity index is 951. The van der Waals surface area contributed by atoms with E-state index in [1.807, 2.05) is 0 Å². The first-order chi connectivity index (χ1) is 13.4. The van der Waals surface area contributed by atoms with E-state index in [1.165, 1.54) is 0 Å².